The van der Waals surface area contributed by atoms with Crippen molar-refractivity contribution in [2.24, 2.45) is 11.8 Å². The van der Waals surface area contributed by atoms with Gasteiger partial charge in [-0.2, -0.15) is 0 Å². The SMILES string of the molecule is CC(C)COC(=O)NCC(CCC(NC(=O)OCC(C)C)C(=O)O[Si](C)(C)C(C)(C)C)O[Si](C)(C)C(C)(C)C. The summed E-state index contributed by atoms with van der Waals surface area (Å²) >= 11 is 0. The molecule has 39 heavy (non-hydrogen) atoms. The third-order valence-corrected chi connectivity index (χ3v) is 16.2. The molecule has 9 nitrogen and oxygen atoms in total. The molecule has 0 heterocycles. The van der Waals surface area contributed by atoms with E-state index in [0.717, 1.165) is 0 Å². The van der Waals surface area contributed by atoms with E-state index < -0.39 is 40.8 Å². The van der Waals surface area contributed by atoms with Crippen LogP contribution in [-0.2, 0) is 23.1 Å². The molecule has 0 fully saturated rings. The van der Waals surface area contributed by atoms with Crippen molar-refractivity contribution < 1.29 is 32.7 Å². The lowest BCUT2D eigenvalue weighted by Gasteiger charge is -2.40. The Bertz CT molecular complexity index is 788. The highest BCUT2D eigenvalue weighted by molar-refractivity contribution is 6.75. The first-order valence-electron chi connectivity index (χ1n) is 14.2. The normalized spacial score (nSPS) is 14.6. The molecule has 0 radical (unpaired) electrons. The second-order valence-electron chi connectivity index (χ2n) is 14.3. The molecular formula is C28H58N2O7Si2. The number of amides is 2. The number of hydrogen-bond acceptors (Lipinski definition) is 7. The van der Waals surface area contributed by atoms with Gasteiger partial charge in [0.1, 0.15) is 6.04 Å². The van der Waals surface area contributed by atoms with Gasteiger partial charge >= 0.3 is 18.2 Å². The molecule has 0 saturated carbocycles. The minimum atomic E-state index is -2.43. The van der Waals surface area contributed by atoms with Crippen molar-refractivity contribution in [2.45, 2.75) is 130 Å². The third-order valence-electron chi connectivity index (χ3n) is 7.35. The standard InChI is InChI=1S/C28H58N2O7Si2/c1-20(2)18-34-25(32)29-17-22(36-38(11,12)27(5,6)7)15-16-23(30-26(33)35-19-21(3)4)24(31)37-39(13,14)28(8,9)10/h20-23H,15-19H2,1-14H3,(H,29,32)(H,30,33). The molecule has 0 aromatic carbocycles. The summed E-state index contributed by atoms with van der Waals surface area (Å²) in [4.78, 5) is 38.2. The van der Waals surface area contributed by atoms with Gasteiger partial charge in [0.05, 0.1) is 19.3 Å². The fraction of sp³-hybridized carbons (Fsp3) is 0.893. The van der Waals surface area contributed by atoms with Gasteiger partial charge in [-0.3, -0.25) is 4.79 Å². The lowest BCUT2D eigenvalue weighted by atomic mass is 10.1. The Morgan fingerprint density at radius 1 is 0.718 bits per heavy atom. The Morgan fingerprint density at radius 3 is 1.62 bits per heavy atom. The Labute approximate surface area is 240 Å². The Balaban J connectivity index is 5.78. The Morgan fingerprint density at radius 2 is 1.18 bits per heavy atom. The lowest BCUT2D eigenvalue weighted by Crippen LogP contribution is -2.51. The predicted molar refractivity (Wildman–Crippen MR) is 162 cm³/mol. The molecular weight excluding hydrogens is 532 g/mol. The fourth-order valence-electron chi connectivity index (χ4n) is 2.79. The molecule has 2 atom stereocenters. The van der Waals surface area contributed by atoms with Crippen LogP contribution in [0.15, 0.2) is 0 Å². The quantitative estimate of drug-likeness (QED) is 0.213. The molecule has 2 amide bonds. The van der Waals surface area contributed by atoms with Gasteiger partial charge in [-0.05, 0) is 60.9 Å². The zero-order valence-electron chi connectivity index (χ0n) is 27.2. The maximum atomic E-state index is 13.4. The summed E-state index contributed by atoms with van der Waals surface area (Å²) in [6, 6.07) is -0.905. The van der Waals surface area contributed by atoms with Gasteiger partial charge in [0.2, 0.25) is 0 Å². The second-order valence-corrected chi connectivity index (χ2v) is 23.8. The molecule has 0 saturated heterocycles. The van der Waals surface area contributed by atoms with Gasteiger partial charge in [0.15, 0.2) is 8.32 Å². The maximum Gasteiger partial charge on any atom is 0.407 e. The number of carbonyl (C=O) groups is 3. The molecule has 0 aliphatic heterocycles. The minimum absolute atomic E-state index is 0.0526. The van der Waals surface area contributed by atoms with Crippen LogP contribution in [0.1, 0.15) is 82.1 Å². The first-order valence-corrected chi connectivity index (χ1v) is 20.0. The van der Waals surface area contributed by atoms with Gasteiger partial charge in [-0.15, -0.1) is 0 Å². The zero-order valence-corrected chi connectivity index (χ0v) is 29.2. The van der Waals surface area contributed by atoms with Crippen LogP contribution in [0.5, 0.6) is 0 Å². The summed E-state index contributed by atoms with van der Waals surface area (Å²) < 4.78 is 23.2. The molecule has 0 rings (SSSR count). The van der Waals surface area contributed by atoms with E-state index in [0.29, 0.717) is 13.0 Å². The van der Waals surface area contributed by atoms with E-state index in [1.54, 1.807) is 0 Å². The van der Waals surface area contributed by atoms with E-state index >= 15 is 0 Å². The second kappa shape index (κ2) is 15.4. The van der Waals surface area contributed by atoms with Crippen LogP contribution in [0, 0.1) is 11.8 Å². The van der Waals surface area contributed by atoms with Crippen LogP contribution in [-0.4, -0.2) is 66.7 Å². The van der Waals surface area contributed by atoms with Crippen molar-refractivity contribution in [1.29, 1.82) is 0 Å². The monoisotopic (exact) mass is 590 g/mol. The first kappa shape index (κ1) is 37.4. The smallest absolute Gasteiger partial charge is 0.407 e. The number of nitrogens with one attached hydrogen (secondary N) is 2. The number of rotatable bonds is 14. The average molecular weight is 591 g/mol. The molecule has 0 bridgehead atoms. The summed E-state index contributed by atoms with van der Waals surface area (Å²) in [5.74, 6) is -0.0834. The van der Waals surface area contributed by atoms with E-state index in [1.807, 2.05) is 40.8 Å². The third kappa shape index (κ3) is 14.6. The molecule has 0 aromatic rings. The van der Waals surface area contributed by atoms with Crippen LogP contribution in [0.25, 0.3) is 0 Å². The molecule has 0 spiro atoms. The molecule has 2 unspecified atom stereocenters. The maximum absolute atomic E-state index is 13.4. The predicted octanol–water partition coefficient (Wildman–Crippen LogP) is 6.84. The van der Waals surface area contributed by atoms with Crippen LogP contribution < -0.4 is 10.6 Å². The summed E-state index contributed by atoms with van der Waals surface area (Å²) in [6.07, 6.45) is -0.852. The summed E-state index contributed by atoms with van der Waals surface area (Å²) in [5.41, 5.74) is 0. The van der Waals surface area contributed by atoms with Crippen molar-refractivity contribution in [3.05, 3.63) is 0 Å². The van der Waals surface area contributed by atoms with Crippen molar-refractivity contribution >= 4 is 34.8 Å². The molecule has 230 valence electrons. The van der Waals surface area contributed by atoms with Gasteiger partial charge in [-0.1, -0.05) is 69.2 Å². The zero-order chi connectivity index (χ0) is 30.8. The number of alkyl carbamates (subject to hydrolysis) is 2. The van der Waals surface area contributed by atoms with Gasteiger partial charge < -0.3 is 29.0 Å². The van der Waals surface area contributed by atoms with Gasteiger partial charge in [-0.25, -0.2) is 9.59 Å². The molecule has 2 N–H and O–H groups in total. The molecule has 0 aliphatic rings. The Hall–Kier alpha value is -1.60. The van der Waals surface area contributed by atoms with Crippen LogP contribution in [0.2, 0.25) is 36.3 Å². The van der Waals surface area contributed by atoms with Crippen molar-refractivity contribution in [3.63, 3.8) is 0 Å². The van der Waals surface area contributed by atoms with Crippen LogP contribution in [0.3, 0.4) is 0 Å². The van der Waals surface area contributed by atoms with Crippen molar-refractivity contribution in [3.8, 4) is 0 Å². The lowest BCUT2D eigenvalue weighted by molar-refractivity contribution is -0.138. The van der Waals surface area contributed by atoms with Crippen molar-refractivity contribution in [2.75, 3.05) is 19.8 Å². The largest absolute Gasteiger partial charge is 0.518 e. The van der Waals surface area contributed by atoms with Crippen LogP contribution >= 0.6 is 0 Å². The van der Waals surface area contributed by atoms with Crippen LogP contribution in [0.4, 0.5) is 9.59 Å². The number of hydrogen-bond donors (Lipinski definition) is 2. The summed E-state index contributed by atoms with van der Waals surface area (Å²) in [7, 11) is -4.64. The highest BCUT2D eigenvalue weighted by atomic mass is 28.4. The van der Waals surface area contributed by atoms with E-state index in [2.05, 4.69) is 65.3 Å². The highest BCUT2D eigenvalue weighted by Crippen LogP contribution is 2.38. The van der Waals surface area contributed by atoms with E-state index in [-0.39, 0.29) is 47.6 Å². The first-order chi connectivity index (χ1) is 17.5. The molecule has 0 aromatic heterocycles. The van der Waals surface area contributed by atoms with Gasteiger partial charge in [0, 0.05) is 6.54 Å². The van der Waals surface area contributed by atoms with E-state index in [9.17, 15) is 14.4 Å². The van der Waals surface area contributed by atoms with E-state index in [4.69, 9.17) is 18.3 Å². The van der Waals surface area contributed by atoms with E-state index in [1.165, 1.54) is 0 Å². The minimum Gasteiger partial charge on any atom is -0.518 e. The Kier molecular flexibility index (Phi) is 14.8. The van der Waals surface area contributed by atoms with Crippen molar-refractivity contribution in [1.82, 2.24) is 10.6 Å². The number of carbonyl (C=O) groups excluding carboxylic acids is 3. The van der Waals surface area contributed by atoms with Gasteiger partial charge in [0.25, 0.3) is 8.32 Å². The summed E-state index contributed by atoms with van der Waals surface area (Å²) in [5, 5.41) is 5.30. The highest BCUT2D eigenvalue weighted by Gasteiger charge is 2.43. The number of ether oxygens (including phenoxy) is 2. The fourth-order valence-corrected chi connectivity index (χ4v) is 5.13. The molecule has 11 heteroatoms. The molecule has 0 aliphatic carbocycles. The summed E-state index contributed by atoms with van der Waals surface area (Å²) in [6.45, 7) is 29.5. The average Bonchev–Trinajstić information content (AvgIpc) is 2.74. The topological polar surface area (TPSA) is 112 Å².